The van der Waals surface area contributed by atoms with Crippen molar-refractivity contribution in [1.29, 1.82) is 0 Å². The Bertz CT molecular complexity index is 1140. The molecule has 6 nitrogen and oxygen atoms in total. The first kappa shape index (κ1) is 24.6. The van der Waals surface area contributed by atoms with E-state index < -0.39 is 23.7 Å². The SMILES string of the molecule is NC(CC(N)c1ccccc1)N/C(=N\C(=O)c1ccc(Cl)c(F)c1)Nc1cc(F)cc(Cl)c1. The second-order valence-electron chi connectivity index (χ2n) is 7.18. The molecule has 0 bridgehead atoms. The number of carbonyl (C=O) groups excluding carboxylic acids is 1. The van der Waals surface area contributed by atoms with Crippen molar-refractivity contribution in [3.8, 4) is 0 Å². The van der Waals surface area contributed by atoms with E-state index in [1.165, 1.54) is 18.2 Å². The second kappa shape index (κ2) is 11.2. The standard InChI is InChI=1S/C23H21Cl2F2N5O/c24-15-9-16(26)11-17(10-15)30-23(32-22(33)14-6-7-18(25)19(27)8-14)31-21(29)12-20(28)13-4-2-1-3-5-13/h1-11,20-21H,12,28-29H2,(H2,30,31,32,33). The summed E-state index contributed by atoms with van der Waals surface area (Å²) in [6.45, 7) is 0. The highest BCUT2D eigenvalue weighted by Gasteiger charge is 2.16. The number of hydrogen-bond donors (Lipinski definition) is 4. The number of aliphatic imine (C=N–C) groups is 1. The predicted molar refractivity (Wildman–Crippen MR) is 127 cm³/mol. The molecule has 0 aliphatic heterocycles. The number of guanidine groups is 1. The molecule has 3 aromatic rings. The second-order valence-corrected chi connectivity index (χ2v) is 8.02. The van der Waals surface area contributed by atoms with Crippen molar-refractivity contribution < 1.29 is 13.6 Å². The molecule has 3 aromatic carbocycles. The van der Waals surface area contributed by atoms with E-state index in [4.69, 9.17) is 34.7 Å². The predicted octanol–water partition coefficient (Wildman–Crippen LogP) is 4.84. The van der Waals surface area contributed by atoms with Crippen LogP contribution < -0.4 is 22.1 Å². The number of amides is 1. The number of nitrogens with zero attached hydrogens (tertiary/aromatic N) is 1. The summed E-state index contributed by atoms with van der Waals surface area (Å²) in [4.78, 5) is 16.6. The summed E-state index contributed by atoms with van der Waals surface area (Å²) in [7, 11) is 0. The molecule has 0 aliphatic rings. The van der Waals surface area contributed by atoms with Crippen LogP contribution >= 0.6 is 23.2 Å². The van der Waals surface area contributed by atoms with Crippen LogP contribution in [0.5, 0.6) is 0 Å². The molecule has 2 unspecified atom stereocenters. The van der Waals surface area contributed by atoms with Crippen LogP contribution in [-0.4, -0.2) is 18.0 Å². The summed E-state index contributed by atoms with van der Waals surface area (Å²) in [5.41, 5.74) is 13.5. The number of carbonyl (C=O) groups is 1. The maximum atomic E-state index is 13.8. The molecule has 0 radical (unpaired) electrons. The van der Waals surface area contributed by atoms with Crippen LogP contribution in [0.15, 0.2) is 71.7 Å². The molecule has 10 heteroatoms. The van der Waals surface area contributed by atoms with Crippen molar-refractivity contribution in [1.82, 2.24) is 5.32 Å². The van der Waals surface area contributed by atoms with Crippen molar-refractivity contribution in [2.75, 3.05) is 5.32 Å². The Kier molecular flexibility index (Phi) is 8.35. The summed E-state index contributed by atoms with van der Waals surface area (Å²) in [6, 6.07) is 16.2. The number of hydrogen-bond acceptors (Lipinski definition) is 3. The minimum atomic E-state index is -0.775. The van der Waals surface area contributed by atoms with Crippen molar-refractivity contribution in [2.45, 2.75) is 18.6 Å². The monoisotopic (exact) mass is 491 g/mol. The third-order valence-electron chi connectivity index (χ3n) is 4.56. The zero-order valence-electron chi connectivity index (χ0n) is 17.2. The molecule has 0 aromatic heterocycles. The first-order chi connectivity index (χ1) is 15.7. The molecule has 0 spiro atoms. The average molecular weight is 492 g/mol. The van der Waals surface area contributed by atoms with E-state index in [1.54, 1.807) is 0 Å². The first-order valence-corrected chi connectivity index (χ1v) is 10.6. The van der Waals surface area contributed by atoms with Gasteiger partial charge in [-0.3, -0.25) is 4.79 Å². The zero-order chi connectivity index (χ0) is 24.0. The van der Waals surface area contributed by atoms with Gasteiger partial charge in [-0.15, -0.1) is 0 Å². The smallest absolute Gasteiger partial charge is 0.280 e. The Morgan fingerprint density at radius 3 is 2.39 bits per heavy atom. The summed E-state index contributed by atoms with van der Waals surface area (Å²) < 4.78 is 27.5. The molecule has 0 fully saturated rings. The van der Waals surface area contributed by atoms with Gasteiger partial charge in [-0.05, 0) is 48.4 Å². The summed E-state index contributed by atoms with van der Waals surface area (Å²) in [5.74, 6) is -2.22. The molecule has 33 heavy (non-hydrogen) atoms. The lowest BCUT2D eigenvalue weighted by molar-refractivity contribution is 0.100. The van der Waals surface area contributed by atoms with Crippen molar-refractivity contribution in [3.63, 3.8) is 0 Å². The minimum absolute atomic E-state index is 0.0372. The fraction of sp³-hybridized carbons (Fsp3) is 0.130. The topological polar surface area (TPSA) is 106 Å². The van der Waals surface area contributed by atoms with E-state index in [9.17, 15) is 13.6 Å². The Labute approximate surface area is 199 Å². The third-order valence-corrected chi connectivity index (χ3v) is 5.09. The Balaban J connectivity index is 1.83. The number of rotatable bonds is 6. The number of nitrogens with one attached hydrogen (secondary N) is 2. The van der Waals surface area contributed by atoms with Gasteiger partial charge in [-0.1, -0.05) is 53.5 Å². The highest BCUT2D eigenvalue weighted by atomic mass is 35.5. The lowest BCUT2D eigenvalue weighted by Crippen LogP contribution is -2.46. The zero-order valence-corrected chi connectivity index (χ0v) is 18.7. The molecule has 0 saturated heterocycles. The van der Waals surface area contributed by atoms with Crippen LogP contribution in [0.4, 0.5) is 14.5 Å². The highest BCUT2D eigenvalue weighted by Crippen LogP contribution is 2.19. The van der Waals surface area contributed by atoms with Gasteiger partial charge >= 0.3 is 0 Å². The van der Waals surface area contributed by atoms with Gasteiger partial charge in [0.15, 0.2) is 0 Å². The molecular weight excluding hydrogens is 471 g/mol. The van der Waals surface area contributed by atoms with Crippen LogP contribution in [0.25, 0.3) is 0 Å². The summed E-state index contributed by atoms with van der Waals surface area (Å²) in [5, 5.41) is 5.66. The third kappa shape index (κ3) is 7.23. The quantitative estimate of drug-likeness (QED) is 0.224. The van der Waals surface area contributed by atoms with E-state index in [0.29, 0.717) is 6.42 Å². The van der Waals surface area contributed by atoms with E-state index in [1.807, 2.05) is 30.3 Å². The van der Waals surface area contributed by atoms with Crippen LogP contribution in [-0.2, 0) is 0 Å². The fourth-order valence-corrected chi connectivity index (χ4v) is 3.34. The van der Waals surface area contributed by atoms with E-state index in [0.717, 1.165) is 23.8 Å². The number of anilines is 1. The van der Waals surface area contributed by atoms with Gasteiger partial charge < -0.3 is 22.1 Å². The Morgan fingerprint density at radius 2 is 1.73 bits per heavy atom. The van der Waals surface area contributed by atoms with Crippen LogP contribution in [0.2, 0.25) is 10.0 Å². The maximum Gasteiger partial charge on any atom is 0.280 e. The maximum absolute atomic E-state index is 13.8. The van der Waals surface area contributed by atoms with Crippen molar-refractivity contribution in [3.05, 3.63) is 99.5 Å². The number of benzene rings is 3. The van der Waals surface area contributed by atoms with Crippen LogP contribution in [0.3, 0.4) is 0 Å². The molecule has 0 aliphatic carbocycles. The molecule has 0 saturated carbocycles. The van der Waals surface area contributed by atoms with Gasteiger partial charge in [-0.2, -0.15) is 4.99 Å². The number of halogens is 4. The summed E-state index contributed by atoms with van der Waals surface area (Å²) >= 11 is 11.6. The molecule has 2 atom stereocenters. The Hall–Kier alpha value is -3.04. The molecule has 0 heterocycles. The van der Waals surface area contributed by atoms with Crippen LogP contribution in [0, 0.1) is 11.6 Å². The van der Waals surface area contributed by atoms with Gasteiger partial charge in [0.1, 0.15) is 11.6 Å². The van der Waals surface area contributed by atoms with Crippen molar-refractivity contribution >= 4 is 40.8 Å². The average Bonchev–Trinajstić information content (AvgIpc) is 2.75. The minimum Gasteiger partial charge on any atom is -0.341 e. The number of nitrogens with two attached hydrogens (primary N) is 2. The lowest BCUT2D eigenvalue weighted by Gasteiger charge is -2.21. The van der Waals surface area contributed by atoms with E-state index >= 15 is 0 Å². The van der Waals surface area contributed by atoms with Gasteiger partial charge in [0.2, 0.25) is 5.96 Å². The molecule has 172 valence electrons. The first-order valence-electron chi connectivity index (χ1n) is 9.85. The van der Waals surface area contributed by atoms with Gasteiger partial charge in [0.05, 0.1) is 11.2 Å². The summed E-state index contributed by atoms with van der Waals surface area (Å²) in [6.07, 6.45) is -0.441. The van der Waals surface area contributed by atoms with Gasteiger partial charge in [0.25, 0.3) is 5.91 Å². The molecule has 1 amide bonds. The molecule has 3 rings (SSSR count). The Morgan fingerprint density at radius 1 is 1.00 bits per heavy atom. The van der Waals surface area contributed by atoms with E-state index in [2.05, 4.69) is 15.6 Å². The largest absolute Gasteiger partial charge is 0.341 e. The lowest BCUT2D eigenvalue weighted by atomic mass is 10.0. The van der Waals surface area contributed by atoms with E-state index in [-0.39, 0.29) is 33.3 Å². The highest BCUT2D eigenvalue weighted by molar-refractivity contribution is 6.31. The van der Waals surface area contributed by atoms with Crippen molar-refractivity contribution in [2.24, 2.45) is 16.5 Å². The molecule has 6 N–H and O–H groups in total. The van der Waals surface area contributed by atoms with Gasteiger partial charge in [0, 0.05) is 22.3 Å². The normalized spacial score (nSPS) is 13.3. The fourth-order valence-electron chi connectivity index (χ4n) is 3.00. The molecular formula is C23H21Cl2F2N5O. The van der Waals surface area contributed by atoms with Gasteiger partial charge in [-0.25, -0.2) is 8.78 Å². The van der Waals surface area contributed by atoms with Crippen LogP contribution in [0.1, 0.15) is 28.4 Å².